The molecule has 2 heterocycles. The van der Waals surface area contributed by atoms with Gasteiger partial charge in [-0.3, -0.25) is 9.69 Å². The molecular weight excluding hydrogens is 797 g/mol. The predicted octanol–water partition coefficient (Wildman–Crippen LogP) is 10.5. The fourth-order valence-electron chi connectivity index (χ4n) is 6.00. The van der Waals surface area contributed by atoms with E-state index in [1.54, 1.807) is 102 Å². The van der Waals surface area contributed by atoms with Gasteiger partial charge in [-0.05, 0) is 121 Å². The molecule has 0 spiro atoms. The predicted molar refractivity (Wildman–Crippen MR) is 221 cm³/mol. The largest absolute Gasteiger partial charge is 0.398 e. The van der Waals surface area contributed by atoms with Crippen LogP contribution in [0.4, 0.5) is 65.4 Å². The van der Waals surface area contributed by atoms with Crippen LogP contribution in [0.15, 0.2) is 147 Å². The maximum Gasteiger partial charge on any atom is 0.323 e. The summed E-state index contributed by atoms with van der Waals surface area (Å²) in [6, 6.07) is 35.2. The summed E-state index contributed by atoms with van der Waals surface area (Å²) in [5.74, 6) is -0.402. The fraction of sp³-hybridized carbons (Fsp3) is 0. The van der Waals surface area contributed by atoms with E-state index in [1.165, 1.54) is 24.3 Å². The van der Waals surface area contributed by atoms with Crippen LogP contribution in [0.2, 0.25) is 0 Å². The highest BCUT2D eigenvalue weighted by Crippen LogP contribution is 2.43. The molecular formula is C41H29BrFN9O5. The Kier molecular flexibility index (Phi) is 9.90. The zero-order chi connectivity index (χ0) is 39.5. The first kappa shape index (κ1) is 36.3. The molecule has 0 aliphatic rings. The second kappa shape index (κ2) is 15.6. The van der Waals surface area contributed by atoms with E-state index in [0.29, 0.717) is 61.8 Å². The van der Waals surface area contributed by atoms with Crippen LogP contribution in [0.1, 0.15) is 10.4 Å². The van der Waals surface area contributed by atoms with Gasteiger partial charge < -0.3 is 41.4 Å². The van der Waals surface area contributed by atoms with Crippen molar-refractivity contribution in [3.63, 3.8) is 0 Å². The number of hydrogen-bond acceptors (Lipinski definition) is 9. The van der Waals surface area contributed by atoms with Crippen LogP contribution in [-0.4, -0.2) is 28.3 Å². The monoisotopic (exact) mass is 825 g/mol. The smallest absolute Gasteiger partial charge is 0.323 e. The van der Waals surface area contributed by atoms with Crippen molar-refractivity contribution in [3.05, 3.63) is 149 Å². The molecule has 0 atom stereocenters. The lowest BCUT2D eigenvalue weighted by atomic mass is 10.1. The van der Waals surface area contributed by atoms with Crippen molar-refractivity contribution >= 4 is 107 Å². The van der Waals surface area contributed by atoms with Crippen LogP contribution in [0.3, 0.4) is 0 Å². The number of urea groups is 2. The number of rotatable bonds is 9. The molecule has 5 amide bonds. The van der Waals surface area contributed by atoms with Crippen molar-refractivity contribution in [1.82, 2.24) is 10.3 Å². The van der Waals surface area contributed by atoms with Gasteiger partial charge in [-0.1, -0.05) is 38.4 Å². The van der Waals surface area contributed by atoms with Gasteiger partial charge in [0.15, 0.2) is 22.8 Å². The number of anilines is 9. The number of aromatic nitrogens is 2. The number of nitrogens with one attached hydrogen (secondary N) is 5. The Morgan fingerprint density at radius 1 is 0.561 bits per heavy atom. The second-order valence-corrected chi connectivity index (χ2v) is 13.4. The van der Waals surface area contributed by atoms with Crippen LogP contribution in [0.25, 0.3) is 21.9 Å². The Hall–Kier alpha value is -7.72. The fourth-order valence-corrected chi connectivity index (χ4v) is 6.26. The molecule has 6 aromatic carbocycles. The van der Waals surface area contributed by atoms with E-state index >= 15 is 0 Å². The van der Waals surface area contributed by atoms with Crippen molar-refractivity contribution in [2.24, 2.45) is 0 Å². The van der Waals surface area contributed by atoms with Gasteiger partial charge in [0, 0.05) is 44.3 Å². The number of fused-ring (bicyclic) bond motifs is 2. The summed E-state index contributed by atoms with van der Waals surface area (Å²) in [6.45, 7) is 0. The molecule has 0 bridgehead atoms. The Labute approximate surface area is 330 Å². The van der Waals surface area contributed by atoms with E-state index < -0.39 is 23.8 Å². The van der Waals surface area contributed by atoms with Gasteiger partial charge in [-0.2, -0.15) is 0 Å². The highest BCUT2D eigenvalue weighted by atomic mass is 79.9. The zero-order valence-electron chi connectivity index (χ0n) is 29.4. The molecule has 0 aliphatic heterocycles. The normalized spacial score (nSPS) is 10.9. The second-order valence-electron chi connectivity index (χ2n) is 12.5. The van der Waals surface area contributed by atoms with Gasteiger partial charge in [-0.15, -0.1) is 0 Å². The molecule has 57 heavy (non-hydrogen) atoms. The first-order chi connectivity index (χ1) is 27.7. The van der Waals surface area contributed by atoms with Crippen molar-refractivity contribution in [2.45, 2.75) is 0 Å². The van der Waals surface area contributed by atoms with Gasteiger partial charge in [0.25, 0.3) is 5.91 Å². The van der Waals surface area contributed by atoms with E-state index in [2.05, 4.69) is 52.8 Å². The Morgan fingerprint density at radius 3 is 1.56 bits per heavy atom. The quantitative estimate of drug-likeness (QED) is 0.0768. The summed E-state index contributed by atoms with van der Waals surface area (Å²) in [7, 11) is 0. The third-order valence-electron chi connectivity index (χ3n) is 8.65. The molecule has 0 fully saturated rings. The van der Waals surface area contributed by atoms with E-state index in [-0.39, 0.29) is 17.2 Å². The van der Waals surface area contributed by atoms with E-state index in [9.17, 15) is 18.8 Å². The van der Waals surface area contributed by atoms with Gasteiger partial charge in [0.05, 0.1) is 16.3 Å². The molecule has 0 aliphatic carbocycles. The van der Waals surface area contributed by atoms with Gasteiger partial charge >= 0.3 is 12.1 Å². The van der Waals surface area contributed by atoms with E-state index in [0.717, 1.165) is 4.47 Å². The number of nitrogen functional groups attached to an aromatic ring is 1. The molecule has 8 aromatic rings. The number of carbonyl (C=O) groups excluding carboxylic acids is 3. The molecule has 8 rings (SSSR count). The van der Waals surface area contributed by atoms with Crippen LogP contribution < -0.4 is 37.2 Å². The number of carbonyl (C=O) groups is 3. The lowest BCUT2D eigenvalue weighted by Crippen LogP contribution is -2.19. The lowest BCUT2D eigenvalue weighted by molar-refractivity contribution is 0.102. The summed E-state index contributed by atoms with van der Waals surface area (Å²) in [6.07, 6.45) is 0. The van der Waals surface area contributed by atoms with Crippen LogP contribution in [0.5, 0.6) is 0 Å². The zero-order valence-corrected chi connectivity index (χ0v) is 31.0. The maximum atomic E-state index is 14.0. The average molecular weight is 827 g/mol. The van der Waals surface area contributed by atoms with Gasteiger partial charge in [0.2, 0.25) is 0 Å². The number of halogens is 2. The maximum absolute atomic E-state index is 14.0. The molecule has 0 saturated heterocycles. The van der Waals surface area contributed by atoms with Crippen molar-refractivity contribution < 1.29 is 27.8 Å². The minimum Gasteiger partial charge on any atom is -0.398 e. The van der Waals surface area contributed by atoms with Crippen LogP contribution in [-0.2, 0) is 0 Å². The number of hydrogen-bond donors (Lipinski definition) is 6. The Bertz CT molecular complexity index is 2760. The summed E-state index contributed by atoms with van der Waals surface area (Å²) < 4.78 is 25.7. The average Bonchev–Trinajstić information content (AvgIpc) is 3.84. The molecule has 282 valence electrons. The standard InChI is InChI=1S/C41H29BrFN9O5/c42-23-7-11-26(12-8-23)46-40(54)48-28-17-15-25(16-18-28)45-39(53)31-3-1-5-33-35(31)37(50-56-33)52(38-36-32(44)4-2-6-34(36)57-51-38)30-21-19-29(20-22-30)49-41(55)47-27-13-9-24(43)10-14-27/h1-22H,44H2,(H,45,53)(H2,46,48,54)(H2,47,49,55). The minimum absolute atomic E-state index is 0.209. The van der Waals surface area contributed by atoms with Crippen LogP contribution >= 0.6 is 15.9 Å². The third-order valence-corrected chi connectivity index (χ3v) is 9.18. The number of benzene rings is 6. The third kappa shape index (κ3) is 7.92. The number of amides is 5. The summed E-state index contributed by atoms with van der Waals surface area (Å²) in [5.41, 5.74) is 10.8. The molecule has 16 heteroatoms. The minimum atomic E-state index is -0.534. The van der Waals surface area contributed by atoms with E-state index in [4.69, 9.17) is 14.8 Å². The molecule has 7 N–H and O–H groups in total. The van der Waals surface area contributed by atoms with Gasteiger partial charge in [-0.25, -0.2) is 14.0 Å². The highest BCUT2D eigenvalue weighted by molar-refractivity contribution is 9.10. The van der Waals surface area contributed by atoms with Crippen LogP contribution in [0, 0.1) is 5.82 Å². The van der Waals surface area contributed by atoms with Crippen molar-refractivity contribution in [1.29, 1.82) is 0 Å². The molecule has 2 aromatic heterocycles. The molecule has 14 nitrogen and oxygen atoms in total. The molecule has 0 unspecified atom stereocenters. The Balaban J connectivity index is 1.07. The highest BCUT2D eigenvalue weighted by Gasteiger charge is 2.28. The topological polar surface area (TPSA) is 193 Å². The SMILES string of the molecule is Nc1cccc2onc(N(c3ccc(NC(=O)Nc4ccc(F)cc4)cc3)c3noc4cccc(C(=O)Nc5ccc(NC(=O)Nc6ccc(Br)cc6)cc5)c34)c12. The lowest BCUT2D eigenvalue weighted by Gasteiger charge is -2.21. The summed E-state index contributed by atoms with van der Waals surface area (Å²) in [4.78, 5) is 40.9. The number of nitrogens with zero attached hydrogens (tertiary/aromatic N) is 3. The molecule has 0 saturated carbocycles. The summed E-state index contributed by atoms with van der Waals surface area (Å²) >= 11 is 3.37. The molecule has 0 radical (unpaired) electrons. The summed E-state index contributed by atoms with van der Waals surface area (Å²) in [5, 5.41) is 23.5. The first-order valence-electron chi connectivity index (χ1n) is 17.2. The first-order valence-corrected chi connectivity index (χ1v) is 18.0. The number of nitrogens with two attached hydrogens (primary N) is 1. The van der Waals surface area contributed by atoms with Crippen molar-refractivity contribution in [2.75, 3.05) is 37.2 Å². The van der Waals surface area contributed by atoms with Crippen molar-refractivity contribution in [3.8, 4) is 0 Å². The van der Waals surface area contributed by atoms with Gasteiger partial charge in [0.1, 0.15) is 5.82 Å². The Morgan fingerprint density at radius 2 is 1.00 bits per heavy atom. The van der Waals surface area contributed by atoms with E-state index in [1.807, 2.05) is 12.1 Å².